The van der Waals surface area contributed by atoms with E-state index in [2.05, 4.69) is 20.1 Å². The number of nitrogens with one attached hydrogen (secondary N) is 2. The molecule has 0 saturated carbocycles. The summed E-state index contributed by atoms with van der Waals surface area (Å²) in [7, 11) is -3.40. The van der Waals surface area contributed by atoms with Crippen LogP contribution >= 0.6 is 11.6 Å². The molecule has 0 aliphatic carbocycles. The zero-order chi connectivity index (χ0) is 22.6. The van der Waals surface area contributed by atoms with E-state index in [-0.39, 0.29) is 17.8 Å². The third kappa shape index (κ3) is 5.83. The maximum Gasteiger partial charge on any atom is 0.255 e. The van der Waals surface area contributed by atoms with E-state index in [1.165, 1.54) is 0 Å². The molecule has 0 aliphatic heterocycles. The van der Waals surface area contributed by atoms with Gasteiger partial charge in [0.2, 0.25) is 10.0 Å². The average Bonchev–Trinajstić information content (AvgIpc) is 3.09. The number of hydrogen-bond acceptors (Lipinski definition) is 5. The first-order chi connectivity index (χ1) is 14.7. The molecule has 1 unspecified atom stereocenters. The fourth-order valence-corrected chi connectivity index (χ4v) is 3.81. The smallest absolute Gasteiger partial charge is 0.255 e. The molecule has 3 rings (SSSR count). The Hall–Kier alpha value is -2.91. The number of rotatable bonds is 8. The Balaban J connectivity index is 1.79. The van der Waals surface area contributed by atoms with E-state index >= 15 is 0 Å². The molecule has 0 bridgehead atoms. The average molecular weight is 462 g/mol. The van der Waals surface area contributed by atoms with Gasteiger partial charge in [0.1, 0.15) is 5.82 Å². The molecule has 164 valence electrons. The van der Waals surface area contributed by atoms with Crippen molar-refractivity contribution in [2.45, 2.75) is 32.7 Å². The van der Waals surface area contributed by atoms with Crippen LogP contribution < -0.4 is 10.0 Å². The highest BCUT2D eigenvalue weighted by Crippen LogP contribution is 2.22. The first-order valence-corrected chi connectivity index (χ1v) is 12.0. The van der Waals surface area contributed by atoms with Crippen molar-refractivity contribution in [2.24, 2.45) is 0 Å². The molecule has 3 aromatic rings. The fourth-order valence-electron chi connectivity index (χ4n) is 3.18. The predicted octanol–water partition coefficient (Wildman–Crippen LogP) is 3.87. The topological polar surface area (TPSA) is 106 Å². The molecular weight excluding hydrogens is 438 g/mol. The van der Waals surface area contributed by atoms with Gasteiger partial charge < -0.3 is 5.32 Å². The molecule has 1 atom stereocenters. The number of nitrogens with zero attached hydrogens (tertiary/aromatic N) is 3. The van der Waals surface area contributed by atoms with Gasteiger partial charge in [-0.25, -0.2) is 18.1 Å². The normalized spacial score (nSPS) is 12.4. The first kappa shape index (κ1) is 22.8. The summed E-state index contributed by atoms with van der Waals surface area (Å²) in [4.78, 5) is 17.1. The van der Waals surface area contributed by atoms with Gasteiger partial charge in [-0.05, 0) is 49.2 Å². The second-order valence-corrected chi connectivity index (χ2v) is 9.38. The minimum atomic E-state index is -3.40. The van der Waals surface area contributed by atoms with Crippen LogP contribution in [0.2, 0.25) is 5.02 Å². The van der Waals surface area contributed by atoms with Crippen LogP contribution in [0.3, 0.4) is 0 Å². The Bertz CT molecular complexity index is 1160. The van der Waals surface area contributed by atoms with Crippen molar-refractivity contribution in [3.8, 4) is 5.69 Å². The standard InChI is InChI=1S/C21H24ClN5O3S/c1-4-5-19(15-6-11-20(23-12-15)26-31(3,29)30)25-21(28)18-13-24-27(14(18)2)17-9-7-16(22)8-10-17/h6-13,19H,4-5H2,1-3H3,(H,23,26)(H,25,28). The van der Waals surface area contributed by atoms with E-state index in [1.807, 2.05) is 26.0 Å². The minimum Gasteiger partial charge on any atom is -0.345 e. The summed E-state index contributed by atoms with van der Waals surface area (Å²) in [5.74, 6) is -0.0117. The number of anilines is 1. The molecule has 2 aromatic heterocycles. The van der Waals surface area contributed by atoms with Gasteiger partial charge in [0.15, 0.2) is 0 Å². The number of hydrogen-bond donors (Lipinski definition) is 2. The second kappa shape index (κ2) is 9.49. The highest BCUT2D eigenvalue weighted by molar-refractivity contribution is 7.92. The van der Waals surface area contributed by atoms with Crippen LogP contribution in [0.5, 0.6) is 0 Å². The van der Waals surface area contributed by atoms with Gasteiger partial charge in [-0.3, -0.25) is 9.52 Å². The number of carbonyl (C=O) groups excluding carboxylic acids is 1. The van der Waals surface area contributed by atoms with Crippen molar-refractivity contribution >= 4 is 33.3 Å². The van der Waals surface area contributed by atoms with Gasteiger partial charge >= 0.3 is 0 Å². The van der Waals surface area contributed by atoms with E-state index in [9.17, 15) is 13.2 Å². The highest BCUT2D eigenvalue weighted by atomic mass is 35.5. The largest absolute Gasteiger partial charge is 0.345 e. The summed E-state index contributed by atoms with van der Waals surface area (Å²) in [5, 5.41) is 8.01. The molecule has 8 nitrogen and oxygen atoms in total. The van der Waals surface area contributed by atoms with Gasteiger partial charge in [-0.15, -0.1) is 0 Å². The lowest BCUT2D eigenvalue weighted by molar-refractivity contribution is 0.0933. The lowest BCUT2D eigenvalue weighted by Crippen LogP contribution is -2.29. The van der Waals surface area contributed by atoms with Crippen molar-refractivity contribution in [1.29, 1.82) is 0 Å². The van der Waals surface area contributed by atoms with E-state index in [0.717, 1.165) is 23.9 Å². The van der Waals surface area contributed by atoms with Crippen LogP contribution in [0.25, 0.3) is 5.69 Å². The van der Waals surface area contributed by atoms with Crippen molar-refractivity contribution in [3.63, 3.8) is 0 Å². The molecule has 10 heteroatoms. The van der Waals surface area contributed by atoms with E-state index in [4.69, 9.17) is 11.6 Å². The van der Waals surface area contributed by atoms with Crippen LogP contribution in [0.15, 0.2) is 48.8 Å². The molecule has 2 N–H and O–H groups in total. The predicted molar refractivity (Wildman–Crippen MR) is 121 cm³/mol. The monoisotopic (exact) mass is 461 g/mol. The van der Waals surface area contributed by atoms with E-state index in [1.54, 1.807) is 41.3 Å². The quantitative estimate of drug-likeness (QED) is 0.529. The van der Waals surface area contributed by atoms with E-state index < -0.39 is 10.0 Å². The number of aromatic nitrogens is 3. The minimum absolute atomic E-state index is 0.230. The molecule has 1 amide bonds. The molecule has 31 heavy (non-hydrogen) atoms. The van der Waals surface area contributed by atoms with Crippen molar-refractivity contribution in [3.05, 3.63) is 70.6 Å². The van der Waals surface area contributed by atoms with Crippen molar-refractivity contribution < 1.29 is 13.2 Å². The lowest BCUT2D eigenvalue weighted by atomic mass is 10.0. The van der Waals surface area contributed by atoms with Crippen LogP contribution in [-0.4, -0.2) is 35.3 Å². The van der Waals surface area contributed by atoms with Gasteiger partial charge in [0.25, 0.3) is 5.91 Å². The zero-order valence-electron chi connectivity index (χ0n) is 17.5. The van der Waals surface area contributed by atoms with Crippen molar-refractivity contribution in [1.82, 2.24) is 20.1 Å². The van der Waals surface area contributed by atoms with Gasteiger partial charge in [-0.2, -0.15) is 5.10 Å². The summed E-state index contributed by atoms with van der Waals surface area (Å²) >= 11 is 5.95. The Labute approximate surface area is 186 Å². The Kier molecular flexibility index (Phi) is 6.97. The number of amides is 1. The first-order valence-electron chi connectivity index (χ1n) is 9.73. The Morgan fingerprint density at radius 1 is 1.16 bits per heavy atom. The second-order valence-electron chi connectivity index (χ2n) is 7.20. The van der Waals surface area contributed by atoms with Crippen LogP contribution in [0, 0.1) is 6.92 Å². The number of halogens is 1. The maximum atomic E-state index is 13.0. The third-order valence-corrected chi connectivity index (χ3v) is 5.52. The van der Waals surface area contributed by atoms with Crippen LogP contribution in [0.1, 0.15) is 47.4 Å². The third-order valence-electron chi connectivity index (χ3n) is 4.69. The highest BCUT2D eigenvalue weighted by Gasteiger charge is 2.20. The summed E-state index contributed by atoms with van der Waals surface area (Å²) in [6, 6.07) is 10.3. The van der Waals surface area contributed by atoms with Crippen LogP contribution in [-0.2, 0) is 10.0 Å². The summed E-state index contributed by atoms with van der Waals surface area (Å²) in [6.45, 7) is 3.86. The molecular formula is C21H24ClN5O3S. The Morgan fingerprint density at radius 2 is 1.87 bits per heavy atom. The van der Waals surface area contributed by atoms with Gasteiger partial charge in [0, 0.05) is 11.2 Å². The molecule has 0 aliphatic rings. The maximum absolute atomic E-state index is 13.0. The van der Waals surface area contributed by atoms with Crippen LogP contribution in [0.4, 0.5) is 5.82 Å². The molecule has 1 aromatic carbocycles. The van der Waals surface area contributed by atoms with Crippen molar-refractivity contribution in [2.75, 3.05) is 11.0 Å². The Morgan fingerprint density at radius 3 is 2.45 bits per heavy atom. The van der Waals surface area contributed by atoms with Gasteiger partial charge in [0.05, 0.1) is 35.4 Å². The summed E-state index contributed by atoms with van der Waals surface area (Å²) < 4.78 is 26.7. The fraction of sp³-hybridized carbons (Fsp3) is 0.286. The molecule has 0 spiro atoms. The number of sulfonamides is 1. The molecule has 2 heterocycles. The number of carbonyl (C=O) groups is 1. The molecule has 0 saturated heterocycles. The lowest BCUT2D eigenvalue weighted by Gasteiger charge is -2.18. The van der Waals surface area contributed by atoms with Gasteiger partial charge in [-0.1, -0.05) is 31.0 Å². The van der Waals surface area contributed by atoms with E-state index in [0.29, 0.717) is 22.7 Å². The molecule has 0 fully saturated rings. The SMILES string of the molecule is CCCC(NC(=O)c1cnn(-c2ccc(Cl)cc2)c1C)c1ccc(NS(C)(=O)=O)nc1. The number of pyridine rings is 1. The zero-order valence-corrected chi connectivity index (χ0v) is 19.0. The summed E-state index contributed by atoms with van der Waals surface area (Å²) in [6.07, 6.45) is 5.72. The molecule has 0 radical (unpaired) electrons. The summed E-state index contributed by atoms with van der Waals surface area (Å²) in [5.41, 5.74) is 2.78. The number of benzene rings is 1.